The fourth-order valence-corrected chi connectivity index (χ4v) is 2.58. The molecule has 1 aromatic rings. The Labute approximate surface area is 124 Å². The van der Waals surface area contributed by atoms with Crippen LogP contribution in [0.3, 0.4) is 0 Å². The summed E-state index contributed by atoms with van der Waals surface area (Å²) < 4.78 is 43.8. The van der Waals surface area contributed by atoms with Crippen LogP contribution >= 0.6 is 11.6 Å². The van der Waals surface area contributed by atoms with Gasteiger partial charge >= 0.3 is 12.1 Å². The van der Waals surface area contributed by atoms with Crippen molar-refractivity contribution in [3.8, 4) is 5.75 Å². The van der Waals surface area contributed by atoms with Gasteiger partial charge in [-0.2, -0.15) is 13.2 Å². The van der Waals surface area contributed by atoms with Gasteiger partial charge in [-0.3, -0.25) is 0 Å². The largest absolute Gasteiger partial charge is 0.478 e. The maximum atomic E-state index is 13.0. The van der Waals surface area contributed by atoms with Gasteiger partial charge in [0.25, 0.3) is 0 Å². The summed E-state index contributed by atoms with van der Waals surface area (Å²) >= 11 is 6.13. The van der Waals surface area contributed by atoms with Crippen LogP contribution in [0.1, 0.15) is 23.6 Å². The predicted octanol–water partition coefficient (Wildman–Crippen LogP) is 4.00. The van der Waals surface area contributed by atoms with E-state index in [1.165, 1.54) is 0 Å². The lowest BCUT2D eigenvalue weighted by molar-refractivity contribution is -0.187. The minimum Gasteiger partial charge on any atom is -0.478 e. The van der Waals surface area contributed by atoms with E-state index in [0.717, 1.165) is 11.6 Å². The summed E-state index contributed by atoms with van der Waals surface area (Å²) in [5, 5.41) is 9.21. The molecule has 1 aliphatic rings. The number of fused-ring (bicyclic) bond motifs is 1. The maximum Gasteiger partial charge on any atom is 0.430 e. The minimum absolute atomic E-state index is 0.0236. The van der Waals surface area contributed by atoms with Crippen molar-refractivity contribution in [2.24, 2.45) is 0 Å². The molecule has 0 amide bonds. The number of carboxylic acids is 1. The quantitative estimate of drug-likeness (QED) is 0.896. The molecule has 0 bridgehead atoms. The van der Waals surface area contributed by atoms with Gasteiger partial charge in [-0.1, -0.05) is 24.6 Å². The molecule has 1 atom stereocenters. The first-order valence-electron chi connectivity index (χ1n) is 6.17. The predicted molar refractivity (Wildman–Crippen MR) is 71.7 cm³/mol. The Morgan fingerprint density at radius 3 is 2.57 bits per heavy atom. The molecule has 1 N–H and O–H groups in total. The average molecular weight is 321 g/mol. The Hall–Kier alpha value is -1.69. The van der Waals surface area contributed by atoms with E-state index in [2.05, 4.69) is 0 Å². The van der Waals surface area contributed by atoms with Crippen LogP contribution < -0.4 is 4.74 Å². The Balaban J connectivity index is 2.69. The van der Waals surface area contributed by atoms with E-state index in [1.807, 2.05) is 6.92 Å². The van der Waals surface area contributed by atoms with E-state index in [4.69, 9.17) is 21.4 Å². The van der Waals surface area contributed by atoms with Crippen LogP contribution in [-0.4, -0.2) is 23.4 Å². The fourth-order valence-electron chi connectivity index (χ4n) is 2.25. The lowest BCUT2D eigenvalue weighted by atomic mass is 9.96. The number of carbonyl (C=O) groups is 1. The zero-order valence-electron chi connectivity index (χ0n) is 11.2. The monoisotopic (exact) mass is 320 g/mol. The molecule has 0 aromatic heterocycles. The average Bonchev–Trinajstić information content (AvgIpc) is 2.40. The van der Waals surface area contributed by atoms with E-state index in [1.54, 1.807) is 13.0 Å². The second-order valence-electron chi connectivity index (χ2n) is 4.71. The summed E-state index contributed by atoms with van der Waals surface area (Å²) in [6, 6.07) is 1.65. The first-order valence-corrected chi connectivity index (χ1v) is 6.54. The van der Waals surface area contributed by atoms with Gasteiger partial charge in [0.2, 0.25) is 6.10 Å². The molecule has 0 saturated heterocycles. The van der Waals surface area contributed by atoms with Crippen LogP contribution in [0.25, 0.3) is 6.08 Å². The summed E-state index contributed by atoms with van der Waals surface area (Å²) in [7, 11) is 0. The smallest absolute Gasteiger partial charge is 0.430 e. The number of aryl methyl sites for hydroxylation is 2. The molecule has 1 heterocycles. The van der Waals surface area contributed by atoms with E-state index >= 15 is 0 Å². The number of carboxylic acid groups (broad SMARTS) is 1. The SMILES string of the molecule is CCc1cc(C)c2c(c1Cl)C=C(C(=O)O)C(C(F)(F)F)O2. The molecule has 1 aliphatic heterocycles. The normalized spacial score (nSPS) is 17.8. The number of benzene rings is 1. The standard InChI is InChI=1S/C14H12ClF3O3/c1-3-7-4-6(2)11-8(10(7)15)5-9(13(19)20)12(21-11)14(16,17)18/h4-5,12H,3H2,1-2H3,(H,19,20). The number of halogens is 4. The molecule has 7 heteroatoms. The first kappa shape index (κ1) is 15.7. The molecule has 0 radical (unpaired) electrons. The molecule has 114 valence electrons. The van der Waals surface area contributed by atoms with Crippen molar-refractivity contribution in [1.29, 1.82) is 0 Å². The molecule has 21 heavy (non-hydrogen) atoms. The van der Waals surface area contributed by atoms with Gasteiger partial charge in [0, 0.05) is 5.56 Å². The molecular formula is C14H12ClF3O3. The van der Waals surface area contributed by atoms with Gasteiger partial charge in [-0.15, -0.1) is 0 Å². The van der Waals surface area contributed by atoms with E-state index < -0.39 is 23.8 Å². The van der Waals surface area contributed by atoms with Crippen molar-refractivity contribution in [2.45, 2.75) is 32.5 Å². The zero-order chi connectivity index (χ0) is 15.9. The van der Waals surface area contributed by atoms with Crippen LogP contribution in [0.4, 0.5) is 13.2 Å². The molecule has 1 aromatic carbocycles. The van der Waals surface area contributed by atoms with Gasteiger partial charge in [-0.25, -0.2) is 4.79 Å². The van der Waals surface area contributed by atoms with Gasteiger partial charge in [0.15, 0.2) is 0 Å². The van der Waals surface area contributed by atoms with Gasteiger partial charge in [0.05, 0.1) is 10.6 Å². The molecule has 0 spiro atoms. The van der Waals surface area contributed by atoms with Gasteiger partial charge in [0.1, 0.15) is 5.75 Å². The number of hydrogen-bond donors (Lipinski definition) is 1. The highest BCUT2D eigenvalue weighted by molar-refractivity contribution is 6.33. The highest BCUT2D eigenvalue weighted by Gasteiger charge is 2.49. The van der Waals surface area contributed by atoms with Gasteiger partial charge < -0.3 is 9.84 Å². The summed E-state index contributed by atoms with van der Waals surface area (Å²) in [5.74, 6) is -1.71. The number of alkyl halides is 3. The zero-order valence-corrected chi connectivity index (χ0v) is 12.0. The molecule has 1 unspecified atom stereocenters. The fraction of sp³-hybridized carbons (Fsp3) is 0.357. The Bertz CT molecular complexity index is 635. The van der Waals surface area contributed by atoms with Crippen molar-refractivity contribution >= 4 is 23.6 Å². The number of aliphatic carboxylic acids is 1. The number of rotatable bonds is 2. The van der Waals surface area contributed by atoms with Crippen LogP contribution in [-0.2, 0) is 11.2 Å². The Kier molecular flexibility index (Phi) is 3.93. The molecule has 0 saturated carbocycles. The second-order valence-corrected chi connectivity index (χ2v) is 5.09. The molecular weight excluding hydrogens is 309 g/mol. The van der Waals surface area contributed by atoms with E-state index in [0.29, 0.717) is 12.0 Å². The third kappa shape index (κ3) is 2.72. The number of ether oxygens (including phenoxy) is 1. The third-order valence-electron chi connectivity index (χ3n) is 3.26. The molecule has 3 nitrogen and oxygen atoms in total. The molecule has 0 aliphatic carbocycles. The van der Waals surface area contributed by atoms with E-state index in [9.17, 15) is 18.0 Å². The van der Waals surface area contributed by atoms with Crippen molar-refractivity contribution in [3.63, 3.8) is 0 Å². The van der Waals surface area contributed by atoms with Crippen molar-refractivity contribution in [2.75, 3.05) is 0 Å². The third-order valence-corrected chi connectivity index (χ3v) is 3.70. The van der Waals surface area contributed by atoms with Crippen LogP contribution in [0.5, 0.6) is 5.75 Å². The van der Waals surface area contributed by atoms with Gasteiger partial charge in [-0.05, 0) is 30.5 Å². The van der Waals surface area contributed by atoms with Crippen LogP contribution in [0, 0.1) is 6.92 Å². The molecule has 0 fully saturated rings. The topological polar surface area (TPSA) is 46.5 Å². The van der Waals surface area contributed by atoms with Crippen LogP contribution in [0.2, 0.25) is 5.02 Å². The lowest BCUT2D eigenvalue weighted by Crippen LogP contribution is -2.40. The first-order chi connectivity index (χ1) is 9.66. The van der Waals surface area contributed by atoms with Crippen molar-refractivity contribution in [3.05, 3.63) is 33.4 Å². The Morgan fingerprint density at radius 1 is 1.48 bits per heavy atom. The van der Waals surface area contributed by atoms with E-state index in [-0.39, 0.29) is 16.3 Å². The second kappa shape index (κ2) is 5.26. The Morgan fingerprint density at radius 2 is 2.10 bits per heavy atom. The lowest BCUT2D eigenvalue weighted by Gasteiger charge is -2.29. The highest BCUT2D eigenvalue weighted by atomic mass is 35.5. The van der Waals surface area contributed by atoms with Crippen molar-refractivity contribution in [1.82, 2.24) is 0 Å². The minimum atomic E-state index is -4.82. The summed E-state index contributed by atoms with van der Waals surface area (Å²) in [5.41, 5.74) is 0.528. The highest BCUT2D eigenvalue weighted by Crippen LogP contribution is 2.43. The molecule has 2 rings (SSSR count). The number of hydrogen-bond acceptors (Lipinski definition) is 2. The summed E-state index contributed by atoms with van der Waals surface area (Å²) in [6.45, 7) is 3.44. The summed E-state index contributed by atoms with van der Waals surface area (Å²) in [6.07, 6.45) is -5.78. The maximum absolute atomic E-state index is 13.0. The van der Waals surface area contributed by atoms with Crippen molar-refractivity contribution < 1.29 is 27.8 Å². The summed E-state index contributed by atoms with van der Waals surface area (Å²) in [4.78, 5) is 11.1. The van der Waals surface area contributed by atoms with Crippen LogP contribution in [0.15, 0.2) is 11.6 Å².